The Balaban J connectivity index is 1.60. The molecular weight excluding hydrogens is 408 g/mol. The number of rotatable bonds is 7. The second kappa shape index (κ2) is 9.90. The van der Waals surface area contributed by atoms with Crippen LogP contribution in [-0.2, 0) is 9.53 Å². The van der Waals surface area contributed by atoms with Crippen LogP contribution >= 0.6 is 23.1 Å². The van der Waals surface area contributed by atoms with Crippen molar-refractivity contribution in [2.24, 2.45) is 0 Å². The normalized spacial score (nSPS) is 10.2. The summed E-state index contributed by atoms with van der Waals surface area (Å²) in [4.78, 5) is 37.8. The molecule has 0 fully saturated rings. The molecule has 6 nitrogen and oxygen atoms in total. The number of hydrogen-bond donors (Lipinski definition) is 2. The Morgan fingerprint density at radius 3 is 2.62 bits per heavy atom. The molecule has 1 aromatic heterocycles. The van der Waals surface area contributed by atoms with E-state index in [9.17, 15) is 14.4 Å². The summed E-state index contributed by atoms with van der Waals surface area (Å²) in [5.41, 5.74) is 1.63. The van der Waals surface area contributed by atoms with Crippen LogP contribution in [0.3, 0.4) is 0 Å². The fourth-order valence-electron chi connectivity index (χ4n) is 2.47. The maximum atomic E-state index is 12.4. The van der Waals surface area contributed by atoms with Gasteiger partial charge in [-0.15, -0.1) is 11.8 Å². The lowest BCUT2D eigenvalue weighted by Crippen LogP contribution is -2.22. The molecule has 2 amide bonds. The summed E-state index contributed by atoms with van der Waals surface area (Å²) in [7, 11) is 0. The van der Waals surface area contributed by atoms with Crippen LogP contribution in [0.5, 0.6) is 0 Å². The van der Waals surface area contributed by atoms with E-state index in [-0.39, 0.29) is 11.5 Å². The number of anilines is 2. The van der Waals surface area contributed by atoms with Gasteiger partial charge in [-0.1, -0.05) is 18.2 Å². The zero-order chi connectivity index (χ0) is 20.6. The second-order valence-corrected chi connectivity index (χ2v) is 7.53. The smallest absolute Gasteiger partial charge is 0.340 e. The molecule has 0 radical (unpaired) electrons. The van der Waals surface area contributed by atoms with Crippen LogP contribution in [0.2, 0.25) is 0 Å². The molecule has 29 heavy (non-hydrogen) atoms. The summed E-state index contributed by atoms with van der Waals surface area (Å²) in [6.07, 6.45) is 1.94. The fourth-order valence-corrected chi connectivity index (χ4v) is 3.56. The zero-order valence-corrected chi connectivity index (χ0v) is 17.1. The van der Waals surface area contributed by atoms with Gasteiger partial charge >= 0.3 is 5.97 Å². The molecule has 2 N–H and O–H groups in total. The van der Waals surface area contributed by atoms with E-state index in [1.54, 1.807) is 52.9 Å². The number of hydrogen-bond acceptors (Lipinski definition) is 6. The molecule has 0 saturated heterocycles. The summed E-state index contributed by atoms with van der Waals surface area (Å²) in [5.74, 6) is -1.46. The molecule has 0 atom stereocenters. The van der Waals surface area contributed by atoms with Crippen molar-refractivity contribution < 1.29 is 19.1 Å². The minimum absolute atomic E-state index is 0.174. The van der Waals surface area contributed by atoms with E-state index in [4.69, 9.17) is 4.74 Å². The lowest BCUT2D eigenvalue weighted by Gasteiger charge is -2.11. The maximum absolute atomic E-state index is 12.4. The summed E-state index contributed by atoms with van der Waals surface area (Å²) < 4.78 is 5.13. The Kier molecular flexibility index (Phi) is 7.04. The molecule has 0 saturated carbocycles. The number of nitrogens with one attached hydrogen (secondary N) is 2. The first-order chi connectivity index (χ1) is 14.1. The number of ether oxygens (including phenoxy) is 1. The number of carbonyl (C=O) groups excluding carboxylic acids is 3. The van der Waals surface area contributed by atoms with Crippen LogP contribution in [0.15, 0.2) is 70.3 Å². The van der Waals surface area contributed by atoms with E-state index in [1.807, 2.05) is 24.5 Å². The van der Waals surface area contributed by atoms with E-state index in [2.05, 4.69) is 10.6 Å². The maximum Gasteiger partial charge on any atom is 0.340 e. The van der Waals surface area contributed by atoms with Crippen LogP contribution in [0.1, 0.15) is 20.7 Å². The van der Waals surface area contributed by atoms with E-state index in [0.717, 1.165) is 4.90 Å². The average molecular weight is 427 g/mol. The molecule has 0 aliphatic carbocycles. The van der Waals surface area contributed by atoms with Crippen molar-refractivity contribution >= 4 is 52.3 Å². The molecule has 3 aromatic rings. The first-order valence-electron chi connectivity index (χ1n) is 8.60. The van der Waals surface area contributed by atoms with Crippen LogP contribution < -0.4 is 10.6 Å². The summed E-state index contributed by atoms with van der Waals surface area (Å²) in [6, 6.07) is 15.5. The standard InChI is InChI=1S/C21H18N2O4S2/c1-28-16-6-4-5-15(11-16)22-19(24)12-27-21(26)17-7-2-3-8-18(17)23-20(25)14-9-10-29-13-14/h2-11,13H,12H2,1H3,(H,22,24)(H,23,25). The Morgan fingerprint density at radius 1 is 1.03 bits per heavy atom. The lowest BCUT2D eigenvalue weighted by atomic mass is 10.1. The van der Waals surface area contributed by atoms with Gasteiger partial charge in [-0.05, 0) is 48.0 Å². The second-order valence-electron chi connectivity index (χ2n) is 5.87. The number of benzene rings is 2. The van der Waals surface area contributed by atoms with Gasteiger partial charge in [-0.25, -0.2) is 4.79 Å². The number of esters is 1. The average Bonchev–Trinajstić information content (AvgIpc) is 3.27. The van der Waals surface area contributed by atoms with E-state index in [0.29, 0.717) is 16.9 Å². The van der Waals surface area contributed by atoms with Crippen molar-refractivity contribution in [1.29, 1.82) is 0 Å². The van der Waals surface area contributed by atoms with Gasteiger partial charge in [-0.2, -0.15) is 11.3 Å². The molecule has 3 rings (SSSR count). The Morgan fingerprint density at radius 2 is 1.86 bits per heavy atom. The van der Waals surface area contributed by atoms with Gasteiger partial charge in [-0.3, -0.25) is 9.59 Å². The quantitative estimate of drug-likeness (QED) is 0.429. The van der Waals surface area contributed by atoms with Crippen LogP contribution in [0.4, 0.5) is 11.4 Å². The first kappa shape index (κ1) is 20.6. The van der Waals surface area contributed by atoms with Crippen molar-refractivity contribution in [3.05, 3.63) is 76.5 Å². The molecule has 0 spiro atoms. The molecule has 0 bridgehead atoms. The molecule has 2 aromatic carbocycles. The largest absolute Gasteiger partial charge is 0.452 e. The van der Waals surface area contributed by atoms with Crippen LogP contribution in [0.25, 0.3) is 0 Å². The molecule has 148 valence electrons. The monoisotopic (exact) mass is 426 g/mol. The topological polar surface area (TPSA) is 84.5 Å². The summed E-state index contributed by atoms with van der Waals surface area (Å²) >= 11 is 2.97. The minimum atomic E-state index is -0.695. The molecule has 0 aliphatic rings. The predicted octanol–water partition coefficient (Wildman–Crippen LogP) is 4.52. The van der Waals surface area contributed by atoms with Gasteiger partial charge in [0.1, 0.15) is 0 Å². The minimum Gasteiger partial charge on any atom is -0.452 e. The third-order valence-electron chi connectivity index (χ3n) is 3.87. The lowest BCUT2D eigenvalue weighted by molar-refractivity contribution is -0.119. The van der Waals surface area contributed by atoms with Gasteiger partial charge < -0.3 is 15.4 Å². The van der Waals surface area contributed by atoms with Crippen molar-refractivity contribution in [3.63, 3.8) is 0 Å². The number of thiophene rings is 1. The molecule has 1 heterocycles. The highest BCUT2D eigenvalue weighted by atomic mass is 32.2. The number of carbonyl (C=O) groups is 3. The highest BCUT2D eigenvalue weighted by Gasteiger charge is 2.16. The van der Waals surface area contributed by atoms with Crippen molar-refractivity contribution in [2.75, 3.05) is 23.5 Å². The highest BCUT2D eigenvalue weighted by Crippen LogP contribution is 2.20. The highest BCUT2D eigenvalue weighted by molar-refractivity contribution is 7.98. The van der Waals surface area contributed by atoms with E-state index in [1.165, 1.54) is 17.4 Å². The summed E-state index contributed by atoms with van der Waals surface area (Å²) in [5, 5.41) is 8.90. The van der Waals surface area contributed by atoms with E-state index < -0.39 is 18.5 Å². The fraction of sp³-hybridized carbons (Fsp3) is 0.0952. The van der Waals surface area contributed by atoms with Gasteiger partial charge in [0.2, 0.25) is 0 Å². The molecule has 0 aliphatic heterocycles. The van der Waals surface area contributed by atoms with Gasteiger partial charge in [0.25, 0.3) is 11.8 Å². The zero-order valence-electron chi connectivity index (χ0n) is 15.5. The van der Waals surface area contributed by atoms with Crippen LogP contribution in [0, 0.1) is 0 Å². The first-order valence-corrected chi connectivity index (χ1v) is 10.8. The van der Waals surface area contributed by atoms with Crippen molar-refractivity contribution in [1.82, 2.24) is 0 Å². The van der Waals surface area contributed by atoms with Gasteiger partial charge in [0.15, 0.2) is 6.61 Å². The molecule has 8 heteroatoms. The van der Waals surface area contributed by atoms with E-state index >= 15 is 0 Å². The van der Waals surface area contributed by atoms with Gasteiger partial charge in [0, 0.05) is 16.0 Å². The summed E-state index contributed by atoms with van der Waals surface area (Å²) in [6.45, 7) is -0.435. The number of amides is 2. The molecule has 0 unspecified atom stereocenters. The van der Waals surface area contributed by atoms with Crippen LogP contribution in [-0.4, -0.2) is 30.6 Å². The van der Waals surface area contributed by atoms with Crippen molar-refractivity contribution in [3.8, 4) is 0 Å². The Labute approximate surface area is 176 Å². The Hall–Kier alpha value is -3.10. The van der Waals surface area contributed by atoms with Gasteiger partial charge in [0.05, 0.1) is 16.8 Å². The predicted molar refractivity (Wildman–Crippen MR) is 116 cm³/mol. The third-order valence-corrected chi connectivity index (χ3v) is 5.27. The SMILES string of the molecule is CSc1cccc(NC(=O)COC(=O)c2ccccc2NC(=O)c2ccsc2)c1. The Bertz CT molecular complexity index is 1020. The number of thioether (sulfide) groups is 1. The number of para-hydroxylation sites is 1. The molecular formula is C21H18N2O4S2. The third kappa shape index (κ3) is 5.69. The van der Waals surface area contributed by atoms with Crippen molar-refractivity contribution in [2.45, 2.75) is 4.90 Å².